The van der Waals surface area contributed by atoms with Gasteiger partial charge in [0.05, 0.1) is 6.10 Å². The Labute approximate surface area is 82.0 Å². The number of aliphatic hydroxyl groups is 2. The minimum atomic E-state index is -0.295. The van der Waals surface area contributed by atoms with Crippen LogP contribution >= 0.6 is 0 Å². The van der Waals surface area contributed by atoms with Crippen LogP contribution in [0, 0.1) is 5.92 Å². The zero-order chi connectivity index (χ0) is 10.1. The molecule has 2 unspecified atom stereocenters. The SMILES string of the molecule is CCCCC(CCC)C(O)CCO. The summed E-state index contributed by atoms with van der Waals surface area (Å²) >= 11 is 0. The second-order valence-corrected chi connectivity index (χ2v) is 3.77. The predicted molar refractivity (Wildman–Crippen MR) is 55.6 cm³/mol. The Morgan fingerprint density at radius 2 is 1.69 bits per heavy atom. The highest BCUT2D eigenvalue weighted by molar-refractivity contribution is 4.68. The summed E-state index contributed by atoms with van der Waals surface area (Å²) in [5.74, 6) is 0.400. The van der Waals surface area contributed by atoms with Crippen molar-refractivity contribution >= 4 is 0 Å². The van der Waals surface area contributed by atoms with Crippen LogP contribution in [0.2, 0.25) is 0 Å². The molecular weight excluding hydrogens is 164 g/mol. The largest absolute Gasteiger partial charge is 0.396 e. The minimum absolute atomic E-state index is 0.105. The fourth-order valence-corrected chi connectivity index (χ4v) is 1.73. The molecule has 0 aliphatic heterocycles. The lowest BCUT2D eigenvalue weighted by Crippen LogP contribution is -2.21. The summed E-state index contributed by atoms with van der Waals surface area (Å²) in [6.07, 6.45) is 5.92. The maximum Gasteiger partial charge on any atom is 0.0590 e. The summed E-state index contributed by atoms with van der Waals surface area (Å²) in [5, 5.41) is 18.4. The predicted octanol–water partition coefficient (Wildman–Crippen LogP) is 2.34. The summed E-state index contributed by atoms with van der Waals surface area (Å²) in [6, 6.07) is 0. The van der Waals surface area contributed by atoms with Crippen LogP contribution in [0.4, 0.5) is 0 Å². The third-order valence-corrected chi connectivity index (χ3v) is 2.56. The van der Waals surface area contributed by atoms with E-state index in [0.717, 1.165) is 19.3 Å². The Bertz CT molecular complexity index is 104. The third kappa shape index (κ3) is 6.05. The molecule has 0 saturated carbocycles. The number of aliphatic hydroxyl groups excluding tert-OH is 2. The monoisotopic (exact) mass is 188 g/mol. The Kier molecular flexibility index (Phi) is 8.46. The van der Waals surface area contributed by atoms with Gasteiger partial charge >= 0.3 is 0 Å². The number of hydrogen-bond acceptors (Lipinski definition) is 2. The second kappa shape index (κ2) is 8.52. The summed E-state index contributed by atoms with van der Waals surface area (Å²) in [6.45, 7) is 4.42. The maximum absolute atomic E-state index is 9.71. The Morgan fingerprint density at radius 3 is 2.15 bits per heavy atom. The van der Waals surface area contributed by atoms with Crippen molar-refractivity contribution in [1.29, 1.82) is 0 Å². The van der Waals surface area contributed by atoms with Crippen molar-refractivity contribution in [3.63, 3.8) is 0 Å². The minimum Gasteiger partial charge on any atom is -0.396 e. The lowest BCUT2D eigenvalue weighted by atomic mass is 9.90. The molecule has 2 N–H and O–H groups in total. The van der Waals surface area contributed by atoms with Gasteiger partial charge in [0.2, 0.25) is 0 Å². The van der Waals surface area contributed by atoms with Gasteiger partial charge in [-0.05, 0) is 25.2 Å². The van der Waals surface area contributed by atoms with Gasteiger partial charge in [-0.25, -0.2) is 0 Å². The average Bonchev–Trinajstić information content (AvgIpc) is 2.12. The lowest BCUT2D eigenvalue weighted by molar-refractivity contribution is 0.0690. The topological polar surface area (TPSA) is 40.5 Å². The molecule has 0 amide bonds. The summed E-state index contributed by atoms with van der Waals surface area (Å²) in [4.78, 5) is 0. The van der Waals surface area contributed by atoms with Gasteiger partial charge in [0.1, 0.15) is 0 Å². The molecule has 0 radical (unpaired) electrons. The van der Waals surface area contributed by atoms with E-state index in [9.17, 15) is 5.11 Å². The van der Waals surface area contributed by atoms with Crippen molar-refractivity contribution in [2.75, 3.05) is 6.61 Å². The fourth-order valence-electron chi connectivity index (χ4n) is 1.73. The zero-order valence-corrected chi connectivity index (χ0v) is 9.00. The van der Waals surface area contributed by atoms with Crippen molar-refractivity contribution in [2.24, 2.45) is 5.92 Å². The summed E-state index contributed by atoms with van der Waals surface area (Å²) < 4.78 is 0. The molecule has 2 heteroatoms. The van der Waals surface area contributed by atoms with E-state index in [2.05, 4.69) is 13.8 Å². The molecule has 80 valence electrons. The Balaban J connectivity index is 3.75. The molecule has 0 aliphatic rings. The lowest BCUT2D eigenvalue weighted by Gasteiger charge is -2.21. The van der Waals surface area contributed by atoms with Gasteiger partial charge in [-0.2, -0.15) is 0 Å². The van der Waals surface area contributed by atoms with Gasteiger partial charge < -0.3 is 10.2 Å². The first kappa shape index (κ1) is 12.9. The van der Waals surface area contributed by atoms with Crippen LogP contribution in [0.5, 0.6) is 0 Å². The van der Waals surface area contributed by atoms with E-state index in [0.29, 0.717) is 12.3 Å². The molecule has 0 spiro atoms. The molecule has 0 rings (SSSR count). The van der Waals surface area contributed by atoms with E-state index in [4.69, 9.17) is 5.11 Å². The highest BCUT2D eigenvalue weighted by Gasteiger charge is 2.16. The van der Waals surface area contributed by atoms with Crippen LogP contribution < -0.4 is 0 Å². The van der Waals surface area contributed by atoms with Crippen molar-refractivity contribution in [1.82, 2.24) is 0 Å². The number of unbranched alkanes of at least 4 members (excludes halogenated alkanes) is 1. The molecule has 0 fully saturated rings. The van der Waals surface area contributed by atoms with Crippen LogP contribution in [-0.4, -0.2) is 22.9 Å². The molecule has 0 heterocycles. The molecular formula is C11H24O2. The van der Waals surface area contributed by atoms with Gasteiger partial charge in [-0.1, -0.05) is 33.1 Å². The van der Waals surface area contributed by atoms with E-state index in [-0.39, 0.29) is 12.7 Å². The second-order valence-electron chi connectivity index (χ2n) is 3.77. The fraction of sp³-hybridized carbons (Fsp3) is 1.00. The molecule has 13 heavy (non-hydrogen) atoms. The van der Waals surface area contributed by atoms with Gasteiger partial charge in [0.15, 0.2) is 0 Å². The Morgan fingerprint density at radius 1 is 1.00 bits per heavy atom. The molecule has 0 bridgehead atoms. The smallest absolute Gasteiger partial charge is 0.0590 e. The number of rotatable bonds is 8. The summed E-state index contributed by atoms with van der Waals surface area (Å²) in [5.41, 5.74) is 0. The third-order valence-electron chi connectivity index (χ3n) is 2.56. The molecule has 0 aromatic carbocycles. The van der Waals surface area contributed by atoms with Gasteiger partial charge in [-0.15, -0.1) is 0 Å². The van der Waals surface area contributed by atoms with E-state index >= 15 is 0 Å². The van der Waals surface area contributed by atoms with Crippen molar-refractivity contribution in [2.45, 2.75) is 58.5 Å². The first-order valence-corrected chi connectivity index (χ1v) is 5.55. The molecule has 2 atom stereocenters. The molecule has 0 aromatic rings. The number of hydrogen-bond donors (Lipinski definition) is 2. The normalized spacial score (nSPS) is 15.7. The van der Waals surface area contributed by atoms with Crippen molar-refractivity contribution < 1.29 is 10.2 Å². The molecule has 0 saturated heterocycles. The van der Waals surface area contributed by atoms with Gasteiger partial charge in [-0.3, -0.25) is 0 Å². The highest BCUT2D eigenvalue weighted by Crippen LogP contribution is 2.20. The maximum atomic E-state index is 9.71. The molecule has 2 nitrogen and oxygen atoms in total. The van der Waals surface area contributed by atoms with Crippen molar-refractivity contribution in [3.8, 4) is 0 Å². The highest BCUT2D eigenvalue weighted by atomic mass is 16.3. The van der Waals surface area contributed by atoms with Crippen LogP contribution in [0.15, 0.2) is 0 Å². The first-order chi connectivity index (χ1) is 6.26. The summed E-state index contributed by atoms with van der Waals surface area (Å²) in [7, 11) is 0. The van der Waals surface area contributed by atoms with Gasteiger partial charge in [0, 0.05) is 6.61 Å². The van der Waals surface area contributed by atoms with E-state index < -0.39 is 0 Å². The average molecular weight is 188 g/mol. The van der Waals surface area contributed by atoms with Gasteiger partial charge in [0.25, 0.3) is 0 Å². The van der Waals surface area contributed by atoms with Crippen molar-refractivity contribution in [3.05, 3.63) is 0 Å². The van der Waals surface area contributed by atoms with Crippen LogP contribution in [-0.2, 0) is 0 Å². The van der Waals surface area contributed by atoms with E-state index in [1.165, 1.54) is 12.8 Å². The van der Waals surface area contributed by atoms with E-state index in [1.54, 1.807) is 0 Å². The zero-order valence-electron chi connectivity index (χ0n) is 9.00. The standard InChI is InChI=1S/C11H24O2/c1-3-5-7-10(6-4-2)11(13)8-9-12/h10-13H,3-9H2,1-2H3. The Hall–Kier alpha value is -0.0800. The van der Waals surface area contributed by atoms with Crippen LogP contribution in [0.25, 0.3) is 0 Å². The quantitative estimate of drug-likeness (QED) is 0.614. The first-order valence-electron chi connectivity index (χ1n) is 5.55. The molecule has 0 aromatic heterocycles. The van der Waals surface area contributed by atoms with Crippen LogP contribution in [0.1, 0.15) is 52.4 Å². The van der Waals surface area contributed by atoms with E-state index in [1.807, 2.05) is 0 Å². The van der Waals surface area contributed by atoms with Crippen LogP contribution in [0.3, 0.4) is 0 Å². The molecule has 0 aliphatic carbocycles.